The fraction of sp³-hybridized carbons (Fsp3) is 0.733. The minimum Gasteiger partial charge on any atom is -0.342 e. The second-order valence-electron chi connectivity index (χ2n) is 5.95. The maximum Gasteiger partial charge on any atom is 0.238 e. The summed E-state index contributed by atoms with van der Waals surface area (Å²) < 4.78 is 0. The number of nitrogens with one attached hydrogen (secondary N) is 2. The summed E-state index contributed by atoms with van der Waals surface area (Å²) in [6.45, 7) is 2.63. The highest BCUT2D eigenvalue weighted by Gasteiger charge is 2.35. The van der Waals surface area contributed by atoms with Gasteiger partial charge < -0.3 is 15.5 Å². The summed E-state index contributed by atoms with van der Waals surface area (Å²) in [5, 5.41) is 8.04. The molecule has 3 aliphatic heterocycles. The highest BCUT2D eigenvalue weighted by atomic mass is 32.2. The number of likely N-dealkylation sites (tertiary alicyclic amines) is 1. The minimum absolute atomic E-state index is 0.0325. The molecule has 2 amide bonds. The van der Waals surface area contributed by atoms with Gasteiger partial charge in [0.2, 0.25) is 11.8 Å². The zero-order valence-corrected chi connectivity index (χ0v) is 13.0. The number of rotatable bonds is 3. The van der Waals surface area contributed by atoms with Crippen LogP contribution in [-0.2, 0) is 9.59 Å². The predicted molar refractivity (Wildman–Crippen MR) is 83.6 cm³/mol. The van der Waals surface area contributed by atoms with Crippen molar-refractivity contribution in [3.63, 3.8) is 0 Å². The van der Waals surface area contributed by atoms with Crippen LogP contribution in [0, 0.1) is 5.92 Å². The summed E-state index contributed by atoms with van der Waals surface area (Å²) >= 11 is 1.54. The number of piperidine rings is 1. The van der Waals surface area contributed by atoms with Crippen molar-refractivity contribution < 1.29 is 9.59 Å². The highest BCUT2D eigenvalue weighted by molar-refractivity contribution is 8.03. The number of nitrogens with zero attached hydrogens (tertiary/aromatic N) is 1. The first-order chi connectivity index (χ1) is 10.3. The molecule has 2 N–H and O–H groups in total. The SMILES string of the molecule is O=C(NC1SC=CC1C(=O)N1CCCCC1)[C@H]1CCCN1. The number of carbonyl (C=O) groups excluding carboxylic acids is 2. The number of carbonyl (C=O) groups is 2. The molecule has 6 heteroatoms. The normalized spacial score (nSPS) is 32.4. The average molecular weight is 309 g/mol. The van der Waals surface area contributed by atoms with Crippen molar-refractivity contribution in [1.82, 2.24) is 15.5 Å². The highest BCUT2D eigenvalue weighted by Crippen LogP contribution is 2.30. The van der Waals surface area contributed by atoms with Crippen molar-refractivity contribution in [3.8, 4) is 0 Å². The third-order valence-electron chi connectivity index (χ3n) is 4.45. The summed E-state index contributed by atoms with van der Waals surface area (Å²) in [6.07, 6.45) is 7.28. The minimum atomic E-state index is -0.210. The van der Waals surface area contributed by atoms with Crippen LogP contribution < -0.4 is 10.6 Å². The number of amides is 2. The van der Waals surface area contributed by atoms with Crippen LogP contribution in [0.3, 0.4) is 0 Å². The van der Waals surface area contributed by atoms with Crippen molar-refractivity contribution in [1.29, 1.82) is 0 Å². The molecule has 2 unspecified atom stereocenters. The van der Waals surface area contributed by atoms with Crippen LogP contribution in [0.15, 0.2) is 11.5 Å². The first-order valence-electron chi connectivity index (χ1n) is 7.90. The van der Waals surface area contributed by atoms with Gasteiger partial charge in [-0.1, -0.05) is 6.08 Å². The molecular formula is C15H23N3O2S. The van der Waals surface area contributed by atoms with Gasteiger partial charge in [0.15, 0.2) is 0 Å². The number of hydrogen-bond donors (Lipinski definition) is 2. The van der Waals surface area contributed by atoms with Gasteiger partial charge >= 0.3 is 0 Å². The molecule has 0 saturated carbocycles. The van der Waals surface area contributed by atoms with E-state index in [0.717, 1.165) is 45.3 Å². The Hall–Kier alpha value is -1.01. The van der Waals surface area contributed by atoms with Gasteiger partial charge in [-0.3, -0.25) is 9.59 Å². The van der Waals surface area contributed by atoms with Crippen molar-refractivity contribution in [3.05, 3.63) is 11.5 Å². The lowest BCUT2D eigenvalue weighted by Crippen LogP contribution is -2.49. The van der Waals surface area contributed by atoms with E-state index in [2.05, 4.69) is 10.6 Å². The van der Waals surface area contributed by atoms with E-state index in [-0.39, 0.29) is 29.1 Å². The Labute approximate surface area is 129 Å². The van der Waals surface area contributed by atoms with Gasteiger partial charge in [0, 0.05) is 13.1 Å². The van der Waals surface area contributed by atoms with Gasteiger partial charge in [-0.2, -0.15) is 0 Å². The summed E-state index contributed by atoms with van der Waals surface area (Å²) in [6, 6.07) is -0.0862. The first-order valence-corrected chi connectivity index (χ1v) is 8.85. The van der Waals surface area contributed by atoms with Crippen LogP contribution >= 0.6 is 11.8 Å². The lowest BCUT2D eigenvalue weighted by molar-refractivity contribution is -0.135. The number of thioether (sulfide) groups is 1. The van der Waals surface area contributed by atoms with Crippen LogP contribution in [0.2, 0.25) is 0 Å². The second-order valence-corrected chi connectivity index (χ2v) is 7.01. The molecule has 3 aliphatic rings. The van der Waals surface area contributed by atoms with Crippen LogP contribution in [0.1, 0.15) is 32.1 Å². The van der Waals surface area contributed by atoms with Crippen LogP contribution in [0.4, 0.5) is 0 Å². The van der Waals surface area contributed by atoms with E-state index in [1.165, 1.54) is 6.42 Å². The smallest absolute Gasteiger partial charge is 0.238 e. The fourth-order valence-electron chi connectivity index (χ4n) is 3.21. The molecule has 3 heterocycles. The summed E-state index contributed by atoms with van der Waals surface area (Å²) in [7, 11) is 0. The second kappa shape index (κ2) is 6.83. The zero-order valence-electron chi connectivity index (χ0n) is 12.2. The maximum absolute atomic E-state index is 12.6. The molecule has 0 aliphatic carbocycles. The Morgan fingerprint density at radius 2 is 2.00 bits per heavy atom. The van der Waals surface area contributed by atoms with Gasteiger partial charge in [-0.15, -0.1) is 11.8 Å². The number of hydrogen-bond acceptors (Lipinski definition) is 4. The lowest BCUT2D eigenvalue weighted by atomic mass is 10.0. The summed E-state index contributed by atoms with van der Waals surface area (Å²) in [4.78, 5) is 26.8. The quantitative estimate of drug-likeness (QED) is 0.819. The fourth-order valence-corrected chi connectivity index (χ4v) is 4.20. The molecule has 3 rings (SSSR count). The van der Waals surface area contributed by atoms with Gasteiger partial charge in [-0.25, -0.2) is 0 Å². The Kier molecular flexibility index (Phi) is 4.85. The van der Waals surface area contributed by atoms with E-state index in [1.807, 2.05) is 16.4 Å². The van der Waals surface area contributed by atoms with E-state index in [0.29, 0.717) is 0 Å². The van der Waals surface area contributed by atoms with Gasteiger partial charge in [0.05, 0.1) is 17.3 Å². The molecule has 3 atom stereocenters. The van der Waals surface area contributed by atoms with Crippen LogP contribution in [0.25, 0.3) is 0 Å². The third kappa shape index (κ3) is 3.43. The van der Waals surface area contributed by atoms with Gasteiger partial charge in [0.25, 0.3) is 0 Å². The van der Waals surface area contributed by atoms with E-state index >= 15 is 0 Å². The van der Waals surface area contributed by atoms with Crippen molar-refractivity contribution in [2.24, 2.45) is 5.92 Å². The maximum atomic E-state index is 12.6. The van der Waals surface area contributed by atoms with Crippen molar-refractivity contribution in [2.45, 2.75) is 43.5 Å². The molecule has 0 radical (unpaired) electrons. The monoisotopic (exact) mass is 309 g/mol. The largest absolute Gasteiger partial charge is 0.342 e. The molecule has 0 bridgehead atoms. The Balaban J connectivity index is 1.57. The standard InChI is InChI=1S/C15H23N3O2S/c19-13(12-5-4-7-16-12)17-14-11(6-10-21-14)15(20)18-8-2-1-3-9-18/h6,10-12,14,16H,1-5,7-9H2,(H,17,19)/t11?,12-,14?/m1/s1. The molecule has 116 valence electrons. The molecule has 0 aromatic carbocycles. The molecule has 0 aromatic rings. The van der Waals surface area contributed by atoms with E-state index in [4.69, 9.17) is 0 Å². The third-order valence-corrected chi connectivity index (χ3v) is 5.47. The molecule has 0 aromatic heterocycles. The van der Waals surface area contributed by atoms with Gasteiger partial charge in [0.1, 0.15) is 0 Å². The molecule has 0 spiro atoms. The Bertz CT molecular complexity index is 429. The molecular weight excluding hydrogens is 286 g/mol. The summed E-state index contributed by atoms with van der Waals surface area (Å²) in [5.41, 5.74) is 0. The van der Waals surface area contributed by atoms with E-state index in [1.54, 1.807) is 11.8 Å². The average Bonchev–Trinajstić information content (AvgIpc) is 3.19. The van der Waals surface area contributed by atoms with Crippen molar-refractivity contribution in [2.75, 3.05) is 19.6 Å². The van der Waals surface area contributed by atoms with E-state index < -0.39 is 0 Å². The lowest BCUT2D eigenvalue weighted by Gasteiger charge is -2.31. The molecule has 21 heavy (non-hydrogen) atoms. The van der Waals surface area contributed by atoms with Gasteiger partial charge in [-0.05, 0) is 44.1 Å². The topological polar surface area (TPSA) is 61.4 Å². The molecule has 5 nitrogen and oxygen atoms in total. The van der Waals surface area contributed by atoms with Crippen molar-refractivity contribution >= 4 is 23.6 Å². The predicted octanol–water partition coefficient (Wildman–Crippen LogP) is 1.07. The Morgan fingerprint density at radius 1 is 1.19 bits per heavy atom. The van der Waals surface area contributed by atoms with Crippen LogP contribution in [0.5, 0.6) is 0 Å². The van der Waals surface area contributed by atoms with E-state index in [9.17, 15) is 9.59 Å². The molecule has 2 fully saturated rings. The zero-order chi connectivity index (χ0) is 14.7. The molecule has 2 saturated heterocycles. The Morgan fingerprint density at radius 3 is 2.71 bits per heavy atom. The first kappa shape index (κ1) is 14.9. The summed E-state index contributed by atoms with van der Waals surface area (Å²) in [5.74, 6) is -0.00997. The van der Waals surface area contributed by atoms with Crippen LogP contribution in [-0.4, -0.2) is 47.8 Å².